The van der Waals surface area contributed by atoms with Crippen molar-refractivity contribution in [3.05, 3.63) is 113 Å². The van der Waals surface area contributed by atoms with E-state index in [1.165, 1.54) is 0 Å². The topological polar surface area (TPSA) is 111 Å². The van der Waals surface area contributed by atoms with Crippen LogP contribution >= 0.6 is 0 Å². The molecular formula is C34H33N7O2. The second-order valence-corrected chi connectivity index (χ2v) is 10.5. The fourth-order valence-electron chi connectivity index (χ4n) is 5.41. The Balaban J connectivity index is 1.28. The Morgan fingerprint density at radius 1 is 0.953 bits per heavy atom. The Kier molecular flexibility index (Phi) is 7.95. The van der Waals surface area contributed by atoms with Crippen molar-refractivity contribution in [2.45, 2.75) is 39.8 Å². The highest BCUT2D eigenvalue weighted by atomic mass is 16.5. The maximum atomic E-state index is 13.3. The fourth-order valence-corrected chi connectivity index (χ4v) is 5.41. The Morgan fingerprint density at radius 3 is 2.51 bits per heavy atom. The minimum Gasteiger partial charge on any atom is -0.497 e. The monoisotopic (exact) mass is 571 g/mol. The van der Waals surface area contributed by atoms with E-state index in [1.54, 1.807) is 7.11 Å². The van der Waals surface area contributed by atoms with Crippen LogP contribution < -0.4 is 10.1 Å². The molecule has 0 aliphatic carbocycles. The van der Waals surface area contributed by atoms with Crippen molar-refractivity contribution in [2.75, 3.05) is 7.11 Å². The number of aromatic amines is 1. The van der Waals surface area contributed by atoms with Crippen LogP contribution in [0.1, 0.15) is 46.2 Å². The first kappa shape index (κ1) is 27.8. The molecule has 2 N–H and O–H groups in total. The molecule has 0 fully saturated rings. The van der Waals surface area contributed by atoms with E-state index >= 15 is 0 Å². The van der Waals surface area contributed by atoms with Gasteiger partial charge in [-0.3, -0.25) is 4.79 Å². The first-order chi connectivity index (χ1) is 21.0. The Hall–Kier alpha value is -5.31. The van der Waals surface area contributed by atoms with Crippen molar-refractivity contribution in [3.8, 4) is 28.3 Å². The number of nitrogens with one attached hydrogen (secondary N) is 2. The van der Waals surface area contributed by atoms with Crippen molar-refractivity contribution < 1.29 is 9.53 Å². The third-order valence-electron chi connectivity index (χ3n) is 7.57. The molecule has 2 aromatic heterocycles. The van der Waals surface area contributed by atoms with Crippen molar-refractivity contribution in [2.24, 2.45) is 0 Å². The number of hydrogen-bond acceptors (Lipinski definition) is 6. The standard InChI is InChI=1S/C34H33N7O2/c1-4-8-31-36-32-22(2)17-26(34(42)35-20-24-9-7-10-27(18-24)43-3)19-30(32)41(31)21-23-13-15-25(16-14-23)28-11-5-6-12-29(28)33-37-39-40-38-33/h5-7,9-19H,4,8,20-21H2,1-3H3,(H,35,42)(H,37,38,39,40). The molecule has 0 bridgehead atoms. The summed E-state index contributed by atoms with van der Waals surface area (Å²) < 4.78 is 7.56. The number of benzene rings is 4. The number of ether oxygens (including phenoxy) is 1. The van der Waals surface area contributed by atoms with Crippen LogP contribution in [0.15, 0.2) is 84.9 Å². The van der Waals surface area contributed by atoms with Crippen LogP contribution in [0.3, 0.4) is 0 Å². The van der Waals surface area contributed by atoms with Gasteiger partial charge in [0.25, 0.3) is 5.91 Å². The third kappa shape index (κ3) is 5.88. The highest BCUT2D eigenvalue weighted by Gasteiger charge is 2.17. The van der Waals surface area contributed by atoms with Crippen LogP contribution in [-0.2, 0) is 19.5 Å². The molecule has 9 heteroatoms. The van der Waals surface area contributed by atoms with Gasteiger partial charge in [0.15, 0.2) is 0 Å². The van der Waals surface area contributed by atoms with Gasteiger partial charge in [-0.1, -0.05) is 67.6 Å². The lowest BCUT2D eigenvalue weighted by Gasteiger charge is -2.12. The Labute approximate surface area is 249 Å². The number of methoxy groups -OCH3 is 1. The molecule has 0 aliphatic rings. The number of H-pyrrole nitrogens is 1. The lowest BCUT2D eigenvalue weighted by molar-refractivity contribution is 0.0951. The molecule has 43 heavy (non-hydrogen) atoms. The molecule has 0 unspecified atom stereocenters. The summed E-state index contributed by atoms with van der Waals surface area (Å²) in [6.45, 7) is 5.23. The number of tetrazole rings is 1. The molecular weight excluding hydrogens is 538 g/mol. The van der Waals surface area contributed by atoms with Gasteiger partial charge in [0.2, 0.25) is 5.82 Å². The van der Waals surface area contributed by atoms with E-state index < -0.39 is 0 Å². The van der Waals surface area contributed by atoms with Crippen LogP contribution in [-0.4, -0.2) is 43.2 Å². The quantitative estimate of drug-likeness (QED) is 0.205. The third-order valence-corrected chi connectivity index (χ3v) is 7.57. The number of amides is 1. The minimum atomic E-state index is -0.123. The maximum Gasteiger partial charge on any atom is 0.251 e. The average molecular weight is 572 g/mol. The largest absolute Gasteiger partial charge is 0.497 e. The average Bonchev–Trinajstić information content (AvgIpc) is 3.70. The molecule has 2 heterocycles. The first-order valence-corrected chi connectivity index (χ1v) is 14.4. The van der Waals surface area contributed by atoms with E-state index in [1.807, 2.05) is 61.5 Å². The summed E-state index contributed by atoms with van der Waals surface area (Å²) in [5, 5.41) is 17.6. The molecule has 4 aromatic carbocycles. The van der Waals surface area contributed by atoms with Crippen molar-refractivity contribution >= 4 is 16.9 Å². The van der Waals surface area contributed by atoms with Gasteiger partial charge in [-0.2, -0.15) is 5.21 Å². The molecule has 0 atom stereocenters. The van der Waals surface area contributed by atoms with Gasteiger partial charge < -0.3 is 14.6 Å². The second-order valence-electron chi connectivity index (χ2n) is 10.5. The minimum absolute atomic E-state index is 0.123. The van der Waals surface area contributed by atoms with Gasteiger partial charge >= 0.3 is 0 Å². The zero-order valence-electron chi connectivity index (χ0n) is 24.5. The molecule has 0 saturated heterocycles. The van der Waals surface area contributed by atoms with Crippen LogP contribution in [0.5, 0.6) is 5.75 Å². The summed E-state index contributed by atoms with van der Waals surface area (Å²) >= 11 is 0. The van der Waals surface area contributed by atoms with Gasteiger partial charge in [0, 0.05) is 30.6 Å². The number of aromatic nitrogens is 6. The number of hydrogen-bond donors (Lipinski definition) is 2. The summed E-state index contributed by atoms with van der Waals surface area (Å²) in [4.78, 5) is 18.3. The molecule has 6 rings (SSSR count). The predicted molar refractivity (Wildman–Crippen MR) is 167 cm³/mol. The lowest BCUT2D eigenvalue weighted by atomic mass is 9.98. The second kappa shape index (κ2) is 12.3. The van der Waals surface area contributed by atoms with Gasteiger partial charge in [-0.15, -0.1) is 10.2 Å². The lowest BCUT2D eigenvalue weighted by Crippen LogP contribution is -2.23. The molecule has 216 valence electrons. The van der Waals surface area contributed by atoms with E-state index in [2.05, 4.69) is 67.8 Å². The van der Waals surface area contributed by atoms with Gasteiger partial charge in [0.05, 0.1) is 18.1 Å². The van der Waals surface area contributed by atoms with Crippen molar-refractivity contribution in [1.82, 2.24) is 35.5 Å². The van der Waals surface area contributed by atoms with Crippen LogP contribution in [0, 0.1) is 6.92 Å². The summed E-state index contributed by atoms with van der Waals surface area (Å²) in [7, 11) is 1.64. The number of carbonyl (C=O) groups is 1. The number of rotatable bonds is 10. The Morgan fingerprint density at radius 2 is 1.77 bits per heavy atom. The predicted octanol–water partition coefficient (Wildman–Crippen LogP) is 6.13. The SMILES string of the molecule is CCCc1nc2c(C)cc(C(=O)NCc3cccc(OC)c3)cc2n1Cc1ccc(-c2ccccc2-c2nn[nH]n2)cc1. The fraction of sp³-hybridized carbons (Fsp3) is 0.206. The highest BCUT2D eigenvalue weighted by Crippen LogP contribution is 2.30. The highest BCUT2D eigenvalue weighted by molar-refractivity contribution is 5.98. The van der Waals surface area contributed by atoms with E-state index in [0.717, 1.165) is 68.8 Å². The van der Waals surface area contributed by atoms with E-state index in [4.69, 9.17) is 9.72 Å². The summed E-state index contributed by atoms with van der Waals surface area (Å²) in [5.41, 5.74) is 8.63. The molecule has 0 saturated carbocycles. The molecule has 9 nitrogen and oxygen atoms in total. The smallest absolute Gasteiger partial charge is 0.251 e. The van der Waals surface area contributed by atoms with Crippen molar-refractivity contribution in [3.63, 3.8) is 0 Å². The number of imidazole rings is 1. The molecule has 0 aliphatic heterocycles. The number of aryl methyl sites for hydroxylation is 2. The number of fused-ring (bicyclic) bond motifs is 1. The van der Waals surface area contributed by atoms with E-state index in [9.17, 15) is 4.79 Å². The summed E-state index contributed by atoms with van der Waals surface area (Å²) in [6.07, 6.45) is 1.82. The van der Waals surface area contributed by atoms with E-state index in [0.29, 0.717) is 24.5 Å². The van der Waals surface area contributed by atoms with Crippen LogP contribution in [0.25, 0.3) is 33.5 Å². The normalized spacial score (nSPS) is 11.1. The van der Waals surface area contributed by atoms with Gasteiger partial charge in [-0.05, 0) is 70.6 Å². The zero-order valence-corrected chi connectivity index (χ0v) is 24.5. The maximum absolute atomic E-state index is 13.3. The first-order valence-electron chi connectivity index (χ1n) is 14.4. The molecule has 6 aromatic rings. The summed E-state index contributed by atoms with van der Waals surface area (Å²) in [5.74, 6) is 2.22. The summed E-state index contributed by atoms with van der Waals surface area (Å²) in [6, 6.07) is 28.2. The molecule has 1 amide bonds. The molecule has 0 spiro atoms. The Bertz CT molecular complexity index is 1880. The number of carbonyl (C=O) groups excluding carboxylic acids is 1. The van der Waals surface area contributed by atoms with Gasteiger partial charge in [-0.25, -0.2) is 4.98 Å². The van der Waals surface area contributed by atoms with Gasteiger partial charge in [0.1, 0.15) is 11.6 Å². The van der Waals surface area contributed by atoms with Crippen molar-refractivity contribution in [1.29, 1.82) is 0 Å². The van der Waals surface area contributed by atoms with Crippen LogP contribution in [0.2, 0.25) is 0 Å². The zero-order chi connectivity index (χ0) is 29.8. The van der Waals surface area contributed by atoms with E-state index in [-0.39, 0.29) is 5.91 Å². The number of nitrogens with zero attached hydrogens (tertiary/aromatic N) is 5. The van der Waals surface area contributed by atoms with Crippen LogP contribution in [0.4, 0.5) is 0 Å². The molecule has 0 radical (unpaired) electrons.